The molecule has 1 aliphatic heterocycles. The predicted octanol–water partition coefficient (Wildman–Crippen LogP) is 5.33. The van der Waals surface area contributed by atoms with Crippen LogP contribution in [0.3, 0.4) is 0 Å². The Bertz CT molecular complexity index is 1830. The number of aromatic nitrogens is 1. The average Bonchev–Trinajstić information content (AvgIpc) is 3.42. The Labute approximate surface area is 270 Å². The molecular weight excluding hydrogens is 604 g/mol. The van der Waals surface area contributed by atoms with Crippen LogP contribution in [0.1, 0.15) is 72.9 Å². The van der Waals surface area contributed by atoms with Crippen LogP contribution in [0.4, 0.5) is 5.69 Å². The number of amides is 2. The normalized spacial score (nSPS) is 14.6. The van der Waals surface area contributed by atoms with Gasteiger partial charge in [0.15, 0.2) is 5.69 Å². The Hall–Kier alpha value is -4.58. The number of benzene rings is 2. The Kier molecular flexibility index (Phi) is 8.65. The number of carbonyl (C=O) groups excluding carboxylic acids is 2. The number of nitrogens with one attached hydrogen (secondary N) is 2. The highest BCUT2D eigenvalue weighted by Crippen LogP contribution is 2.44. The number of rotatable bonds is 9. The number of aliphatic hydroxyl groups is 1. The molecule has 6 N–H and O–H groups in total. The summed E-state index contributed by atoms with van der Waals surface area (Å²) in [6, 6.07) is 12.3. The molecule has 2 amide bonds. The Morgan fingerprint density at radius 1 is 1.02 bits per heavy atom. The van der Waals surface area contributed by atoms with E-state index in [-0.39, 0.29) is 41.1 Å². The van der Waals surface area contributed by atoms with Crippen molar-refractivity contribution in [1.29, 1.82) is 0 Å². The van der Waals surface area contributed by atoms with Crippen molar-refractivity contribution in [3.05, 3.63) is 87.0 Å². The lowest BCUT2D eigenvalue weighted by molar-refractivity contribution is 0.0428. The second kappa shape index (κ2) is 12.7. The molecule has 10 nitrogen and oxygen atoms in total. The van der Waals surface area contributed by atoms with E-state index < -0.39 is 17.8 Å². The van der Waals surface area contributed by atoms with Crippen molar-refractivity contribution >= 4 is 34.8 Å². The van der Waals surface area contributed by atoms with Crippen molar-refractivity contribution in [3.8, 4) is 27.3 Å². The van der Waals surface area contributed by atoms with Gasteiger partial charge >= 0.3 is 5.97 Å². The van der Waals surface area contributed by atoms with Crippen LogP contribution in [-0.4, -0.2) is 52.7 Å². The number of carboxylic acid groups (broad SMARTS) is 1. The summed E-state index contributed by atoms with van der Waals surface area (Å²) in [6.07, 6.45) is 3.30. The van der Waals surface area contributed by atoms with Crippen LogP contribution in [0.5, 0.6) is 5.75 Å². The molecule has 6 rings (SSSR count). The zero-order valence-corrected chi connectivity index (χ0v) is 26.6. The van der Waals surface area contributed by atoms with Crippen LogP contribution >= 0.6 is 11.3 Å². The van der Waals surface area contributed by atoms with Crippen molar-refractivity contribution in [3.63, 3.8) is 0 Å². The summed E-state index contributed by atoms with van der Waals surface area (Å²) >= 11 is 1.55. The maximum Gasteiger partial charge on any atom is 0.355 e. The predicted molar refractivity (Wildman–Crippen MR) is 177 cm³/mol. The highest BCUT2D eigenvalue weighted by molar-refractivity contribution is 7.13. The first-order valence-electron chi connectivity index (χ1n) is 15.3. The molecule has 46 heavy (non-hydrogen) atoms. The summed E-state index contributed by atoms with van der Waals surface area (Å²) in [7, 11) is 0. The third-order valence-corrected chi connectivity index (χ3v) is 10.0. The van der Waals surface area contributed by atoms with E-state index in [0.717, 1.165) is 52.0 Å². The number of nitrogens with two attached hydrogens (primary N) is 1. The minimum atomic E-state index is -1.35. The van der Waals surface area contributed by atoms with Crippen LogP contribution in [0.2, 0.25) is 0 Å². The molecule has 1 fully saturated rings. The zero-order valence-electron chi connectivity index (χ0n) is 25.7. The van der Waals surface area contributed by atoms with Gasteiger partial charge in [0.2, 0.25) is 0 Å². The molecule has 2 aromatic carbocycles. The lowest BCUT2D eigenvalue weighted by Crippen LogP contribution is -2.44. The van der Waals surface area contributed by atoms with E-state index in [1.54, 1.807) is 23.5 Å². The molecule has 2 aromatic heterocycles. The maximum absolute atomic E-state index is 14.2. The van der Waals surface area contributed by atoms with Gasteiger partial charge in [0.1, 0.15) is 11.4 Å². The first-order valence-corrected chi connectivity index (χ1v) is 16.1. The number of ether oxygens (including phenoxy) is 1. The highest BCUT2D eigenvalue weighted by Gasteiger charge is 2.37. The second-order valence-electron chi connectivity index (χ2n) is 12.1. The number of carboxylic acids is 1. The Morgan fingerprint density at radius 2 is 1.78 bits per heavy atom. The van der Waals surface area contributed by atoms with E-state index in [4.69, 9.17) is 10.5 Å². The van der Waals surface area contributed by atoms with E-state index in [1.165, 1.54) is 12.1 Å². The minimum absolute atomic E-state index is 0.0333. The first-order chi connectivity index (χ1) is 22.1. The van der Waals surface area contributed by atoms with Gasteiger partial charge < -0.3 is 31.3 Å². The van der Waals surface area contributed by atoms with Crippen molar-refractivity contribution < 1.29 is 29.3 Å². The molecule has 0 bridgehead atoms. The number of nitrogens with zero attached hydrogens (tertiary/aromatic N) is 1. The number of hydrogen-bond donors (Lipinski definition) is 5. The number of fused-ring (bicyclic) bond motifs is 3. The van der Waals surface area contributed by atoms with Gasteiger partial charge in [-0.2, -0.15) is 0 Å². The van der Waals surface area contributed by atoms with E-state index in [9.17, 15) is 24.6 Å². The Morgan fingerprint density at radius 3 is 2.43 bits per heavy atom. The maximum atomic E-state index is 14.2. The quantitative estimate of drug-likeness (QED) is 0.164. The van der Waals surface area contributed by atoms with E-state index in [1.807, 2.05) is 37.4 Å². The van der Waals surface area contributed by atoms with E-state index in [0.29, 0.717) is 36.6 Å². The standard InChI is InChI=1S/C35H36N4O6S/c1-19-12-21(16-36)13-20(2)29(19)39-32(41)25-14-26-28(45-10-6-22-7-11-46-31(22)26)15-24(25)23-4-5-27(38-30(23)34(43)44)33(42)37-17-35(18-40)8-3-9-35/h4-5,7,11-15,40H,3,6,8-10,16-18,36H2,1-2H3,(H,37,42)(H,39,41)(H,43,44). The smallest absolute Gasteiger partial charge is 0.355 e. The summed E-state index contributed by atoms with van der Waals surface area (Å²) in [4.78, 5) is 45.1. The van der Waals surface area contributed by atoms with Crippen LogP contribution in [0.25, 0.3) is 21.6 Å². The number of anilines is 1. The van der Waals surface area contributed by atoms with E-state index in [2.05, 4.69) is 15.6 Å². The van der Waals surface area contributed by atoms with Gasteiger partial charge in [0.25, 0.3) is 11.8 Å². The van der Waals surface area contributed by atoms with Crippen LogP contribution < -0.4 is 21.1 Å². The van der Waals surface area contributed by atoms with Crippen LogP contribution in [-0.2, 0) is 13.0 Å². The minimum Gasteiger partial charge on any atom is -0.493 e. The molecule has 11 heteroatoms. The highest BCUT2D eigenvalue weighted by atomic mass is 32.1. The van der Waals surface area contributed by atoms with Crippen molar-refractivity contribution in [2.24, 2.45) is 11.1 Å². The van der Waals surface area contributed by atoms with Crippen molar-refractivity contribution in [2.45, 2.75) is 46.1 Å². The first kappa shape index (κ1) is 31.4. The number of aryl methyl sites for hydroxylation is 2. The van der Waals surface area contributed by atoms with Gasteiger partial charge in [-0.15, -0.1) is 11.3 Å². The lowest BCUT2D eigenvalue weighted by Gasteiger charge is -2.40. The summed E-state index contributed by atoms with van der Waals surface area (Å²) in [5.41, 5.74) is 10.9. The van der Waals surface area contributed by atoms with E-state index >= 15 is 0 Å². The SMILES string of the molecule is Cc1cc(CN)cc(C)c1NC(=O)c1cc2c(cc1-c1ccc(C(=O)NCC3(CO)CCC3)nc1C(=O)O)OCCc1ccsc1-2. The monoisotopic (exact) mass is 640 g/mol. The van der Waals surface area contributed by atoms with Gasteiger partial charge in [-0.05, 0) is 84.7 Å². The number of hydrogen-bond acceptors (Lipinski definition) is 8. The summed E-state index contributed by atoms with van der Waals surface area (Å²) in [5, 5.41) is 27.9. The third kappa shape index (κ3) is 5.89. The summed E-state index contributed by atoms with van der Waals surface area (Å²) < 4.78 is 6.13. The van der Waals surface area contributed by atoms with Crippen LogP contribution in [0, 0.1) is 19.3 Å². The molecule has 0 spiro atoms. The third-order valence-electron chi connectivity index (χ3n) is 9.05. The molecule has 1 aliphatic carbocycles. The van der Waals surface area contributed by atoms with Gasteiger partial charge in [-0.3, -0.25) is 9.59 Å². The fourth-order valence-corrected chi connectivity index (χ4v) is 7.24. The fraction of sp³-hybridized carbons (Fsp3) is 0.314. The van der Waals surface area contributed by atoms with Gasteiger partial charge in [-0.25, -0.2) is 9.78 Å². The number of pyridine rings is 1. The van der Waals surface area contributed by atoms with Crippen LogP contribution in [0.15, 0.2) is 47.8 Å². The topological polar surface area (TPSA) is 164 Å². The van der Waals surface area contributed by atoms with Crippen molar-refractivity contribution in [2.75, 3.05) is 25.1 Å². The zero-order chi connectivity index (χ0) is 32.6. The van der Waals surface area contributed by atoms with Gasteiger partial charge in [-0.1, -0.05) is 18.6 Å². The number of aromatic carboxylic acids is 1. The summed E-state index contributed by atoms with van der Waals surface area (Å²) in [6.45, 7) is 4.83. The molecule has 4 aromatic rings. The number of aliphatic hydroxyl groups excluding tert-OH is 1. The largest absolute Gasteiger partial charge is 0.493 e. The number of carbonyl (C=O) groups is 3. The second-order valence-corrected chi connectivity index (χ2v) is 13.0. The molecule has 1 saturated carbocycles. The molecule has 0 unspecified atom stereocenters. The molecular formula is C35H36N4O6S. The summed E-state index contributed by atoms with van der Waals surface area (Å²) in [5.74, 6) is -1.78. The lowest BCUT2D eigenvalue weighted by atomic mass is 9.69. The molecule has 0 atom stereocenters. The number of thiophene rings is 1. The van der Waals surface area contributed by atoms with Gasteiger partial charge in [0.05, 0.1) is 13.2 Å². The van der Waals surface area contributed by atoms with Gasteiger partial charge in [0, 0.05) is 57.7 Å². The molecule has 238 valence electrons. The van der Waals surface area contributed by atoms with Crippen molar-refractivity contribution in [1.82, 2.24) is 10.3 Å². The molecule has 0 saturated heterocycles. The average molecular weight is 641 g/mol. The fourth-order valence-electron chi connectivity index (χ4n) is 6.27. The molecule has 2 aliphatic rings. The molecule has 0 radical (unpaired) electrons. The molecule has 3 heterocycles. The Balaban J connectivity index is 1.44.